The average molecular weight is 217 g/mol. The molecular formula is C13H15NO2. The number of amides is 1. The van der Waals surface area contributed by atoms with Crippen molar-refractivity contribution in [2.75, 3.05) is 6.54 Å². The number of nitrogens with zero attached hydrogens (tertiary/aromatic N) is 1. The van der Waals surface area contributed by atoms with Crippen molar-refractivity contribution in [3.05, 3.63) is 35.9 Å². The minimum Gasteiger partial charge on any atom is -0.328 e. The van der Waals surface area contributed by atoms with Crippen LogP contribution in [0.5, 0.6) is 0 Å². The van der Waals surface area contributed by atoms with Crippen LogP contribution in [0.15, 0.2) is 30.3 Å². The highest BCUT2D eigenvalue weighted by molar-refractivity contribution is 6.05. The van der Waals surface area contributed by atoms with E-state index in [1.807, 2.05) is 37.3 Å². The van der Waals surface area contributed by atoms with E-state index in [0.29, 0.717) is 0 Å². The number of hydrogen-bond acceptors (Lipinski definition) is 2. The summed E-state index contributed by atoms with van der Waals surface area (Å²) in [6, 6.07) is 9.92. The first-order valence-corrected chi connectivity index (χ1v) is 5.58. The van der Waals surface area contributed by atoms with Crippen LogP contribution >= 0.6 is 0 Å². The summed E-state index contributed by atoms with van der Waals surface area (Å²) >= 11 is 0. The topological polar surface area (TPSA) is 37.4 Å². The normalized spacial score (nSPS) is 17.9. The van der Waals surface area contributed by atoms with E-state index in [1.165, 1.54) is 0 Å². The van der Waals surface area contributed by atoms with Crippen LogP contribution in [-0.2, 0) is 9.59 Å². The highest BCUT2D eigenvalue weighted by Gasteiger charge is 2.32. The molecule has 1 amide bonds. The van der Waals surface area contributed by atoms with Gasteiger partial charge in [0.25, 0.3) is 0 Å². The van der Waals surface area contributed by atoms with Crippen molar-refractivity contribution >= 4 is 11.7 Å². The monoisotopic (exact) mass is 217 g/mol. The Morgan fingerprint density at radius 3 is 2.44 bits per heavy atom. The number of ketones is 1. The average Bonchev–Trinajstić information content (AvgIpc) is 2.61. The third kappa shape index (κ3) is 1.98. The van der Waals surface area contributed by atoms with E-state index in [9.17, 15) is 9.59 Å². The van der Waals surface area contributed by atoms with Gasteiger partial charge in [-0.2, -0.15) is 0 Å². The van der Waals surface area contributed by atoms with E-state index in [4.69, 9.17) is 0 Å². The minimum absolute atomic E-state index is 0.0272. The number of carbonyl (C=O) groups excluding carboxylic acids is 2. The molecule has 16 heavy (non-hydrogen) atoms. The van der Waals surface area contributed by atoms with Crippen molar-refractivity contribution in [3.8, 4) is 0 Å². The van der Waals surface area contributed by atoms with Gasteiger partial charge in [0, 0.05) is 0 Å². The predicted octanol–water partition coefficient (Wildman–Crippen LogP) is 1.94. The smallest absolute Gasteiger partial charge is 0.231 e. The van der Waals surface area contributed by atoms with Gasteiger partial charge in [-0.1, -0.05) is 37.3 Å². The molecule has 0 N–H and O–H groups in total. The van der Waals surface area contributed by atoms with Crippen molar-refractivity contribution in [1.29, 1.82) is 0 Å². The molecule has 1 unspecified atom stereocenters. The second-order valence-electron chi connectivity index (χ2n) is 4.07. The van der Waals surface area contributed by atoms with Crippen LogP contribution in [-0.4, -0.2) is 23.1 Å². The zero-order valence-corrected chi connectivity index (χ0v) is 9.35. The van der Waals surface area contributed by atoms with Gasteiger partial charge in [0.2, 0.25) is 5.91 Å². The molecule has 3 nitrogen and oxygen atoms in total. The molecule has 0 aromatic heterocycles. The molecule has 1 aromatic carbocycles. The Bertz CT molecular complexity index is 400. The Hall–Kier alpha value is -1.64. The zero-order chi connectivity index (χ0) is 11.5. The number of rotatable bonds is 3. The summed E-state index contributed by atoms with van der Waals surface area (Å²) in [5.74, 6) is -0.0138. The maximum absolute atomic E-state index is 11.7. The molecule has 3 heteroatoms. The largest absolute Gasteiger partial charge is 0.328 e. The number of carbonyl (C=O) groups is 2. The highest BCUT2D eigenvalue weighted by Crippen LogP contribution is 2.27. The summed E-state index contributed by atoms with van der Waals surface area (Å²) in [5, 5.41) is 0. The molecule has 1 aromatic rings. The van der Waals surface area contributed by atoms with Crippen LogP contribution in [0.25, 0.3) is 0 Å². The zero-order valence-electron chi connectivity index (χ0n) is 9.35. The molecule has 2 rings (SSSR count). The fraction of sp³-hybridized carbons (Fsp3) is 0.385. The van der Waals surface area contributed by atoms with E-state index in [-0.39, 0.29) is 30.7 Å². The molecule has 1 aliphatic rings. The summed E-state index contributed by atoms with van der Waals surface area (Å²) in [6.07, 6.45) is 0.909. The maximum atomic E-state index is 11.7. The Morgan fingerprint density at radius 1 is 1.25 bits per heavy atom. The van der Waals surface area contributed by atoms with Crippen LogP contribution in [0.3, 0.4) is 0 Å². The lowest BCUT2D eigenvalue weighted by atomic mass is 10.0. The fourth-order valence-corrected chi connectivity index (χ4v) is 2.20. The second-order valence-corrected chi connectivity index (χ2v) is 4.07. The highest BCUT2D eigenvalue weighted by atomic mass is 16.2. The Balaban J connectivity index is 2.24. The molecule has 0 radical (unpaired) electrons. The van der Waals surface area contributed by atoms with Gasteiger partial charge in [0.1, 0.15) is 0 Å². The molecule has 0 aliphatic carbocycles. The molecule has 0 saturated carbocycles. The van der Waals surface area contributed by atoms with Crippen LogP contribution in [0.2, 0.25) is 0 Å². The summed E-state index contributed by atoms with van der Waals surface area (Å²) in [5.41, 5.74) is 1.10. The van der Waals surface area contributed by atoms with Crippen molar-refractivity contribution in [2.45, 2.75) is 25.8 Å². The molecule has 0 bridgehead atoms. The van der Waals surface area contributed by atoms with Gasteiger partial charge in [-0.3, -0.25) is 9.59 Å². The van der Waals surface area contributed by atoms with E-state index in [1.54, 1.807) is 4.90 Å². The number of hydrogen-bond donors (Lipinski definition) is 0. The molecule has 1 saturated heterocycles. The standard InChI is InChI=1S/C13H15NO2/c1-2-12(10-6-4-3-5-7-10)14-9-11(15)8-13(14)16/h3-7,12H,2,8-9H2,1H3. The van der Waals surface area contributed by atoms with Gasteiger partial charge in [0.15, 0.2) is 5.78 Å². The van der Waals surface area contributed by atoms with Gasteiger partial charge >= 0.3 is 0 Å². The van der Waals surface area contributed by atoms with Crippen molar-refractivity contribution in [2.24, 2.45) is 0 Å². The second kappa shape index (κ2) is 4.47. The van der Waals surface area contributed by atoms with Gasteiger partial charge in [-0.05, 0) is 12.0 Å². The third-order valence-corrected chi connectivity index (χ3v) is 2.96. The SMILES string of the molecule is CCC(c1ccccc1)N1CC(=O)CC1=O. The Labute approximate surface area is 95.1 Å². The van der Waals surface area contributed by atoms with E-state index in [0.717, 1.165) is 12.0 Å². The lowest BCUT2D eigenvalue weighted by Gasteiger charge is -2.26. The van der Waals surface area contributed by atoms with Gasteiger partial charge in [0.05, 0.1) is 19.0 Å². The number of likely N-dealkylation sites (tertiary alicyclic amines) is 1. The lowest BCUT2D eigenvalue weighted by molar-refractivity contribution is -0.129. The van der Waals surface area contributed by atoms with E-state index in [2.05, 4.69) is 0 Å². The molecule has 1 fully saturated rings. The summed E-state index contributed by atoms with van der Waals surface area (Å²) in [6.45, 7) is 2.31. The van der Waals surface area contributed by atoms with Crippen LogP contribution < -0.4 is 0 Å². The Kier molecular flexibility index (Phi) is 3.04. The van der Waals surface area contributed by atoms with E-state index >= 15 is 0 Å². The molecule has 1 aliphatic heterocycles. The Morgan fingerprint density at radius 2 is 1.94 bits per heavy atom. The minimum atomic E-state index is -0.0410. The van der Waals surface area contributed by atoms with Crippen molar-refractivity contribution < 1.29 is 9.59 Å². The van der Waals surface area contributed by atoms with Crippen LogP contribution in [0.1, 0.15) is 31.4 Å². The predicted molar refractivity (Wildman–Crippen MR) is 60.8 cm³/mol. The summed E-state index contributed by atoms with van der Waals surface area (Å²) in [7, 11) is 0. The van der Waals surface area contributed by atoms with Crippen molar-refractivity contribution in [1.82, 2.24) is 4.90 Å². The van der Waals surface area contributed by atoms with Gasteiger partial charge < -0.3 is 4.90 Å². The first-order chi connectivity index (χ1) is 7.72. The summed E-state index contributed by atoms with van der Waals surface area (Å²) < 4.78 is 0. The van der Waals surface area contributed by atoms with Crippen LogP contribution in [0.4, 0.5) is 0 Å². The van der Waals surface area contributed by atoms with Crippen molar-refractivity contribution in [3.63, 3.8) is 0 Å². The molecule has 1 heterocycles. The fourth-order valence-electron chi connectivity index (χ4n) is 2.20. The van der Waals surface area contributed by atoms with Crippen LogP contribution in [0, 0.1) is 0 Å². The molecular weight excluding hydrogens is 202 g/mol. The summed E-state index contributed by atoms with van der Waals surface area (Å²) in [4.78, 5) is 24.6. The quantitative estimate of drug-likeness (QED) is 0.725. The number of benzene rings is 1. The number of Topliss-reactive ketones (excluding diaryl/α,β-unsaturated/α-hetero) is 1. The van der Waals surface area contributed by atoms with Gasteiger partial charge in [-0.25, -0.2) is 0 Å². The maximum Gasteiger partial charge on any atom is 0.231 e. The molecule has 84 valence electrons. The third-order valence-electron chi connectivity index (χ3n) is 2.96. The van der Waals surface area contributed by atoms with Gasteiger partial charge in [-0.15, -0.1) is 0 Å². The molecule has 1 atom stereocenters. The first kappa shape index (κ1) is 10.9. The molecule has 0 spiro atoms. The lowest BCUT2D eigenvalue weighted by Crippen LogP contribution is -2.30. The van der Waals surface area contributed by atoms with E-state index < -0.39 is 0 Å². The first-order valence-electron chi connectivity index (χ1n) is 5.58.